The minimum atomic E-state index is 0.163. The maximum absolute atomic E-state index is 6.27. The van der Waals surface area contributed by atoms with Crippen LogP contribution in [0, 0.1) is 5.92 Å². The van der Waals surface area contributed by atoms with Crippen molar-refractivity contribution < 1.29 is 4.74 Å². The molecule has 2 heteroatoms. The van der Waals surface area contributed by atoms with Crippen LogP contribution in [-0.2, 0) is 0 Å². The normalized spacial score (nSPS) is 25.9. The lowest BCUT2D eigenvalue weighted by atomic mass is 9.82. The van der Waals surface area contributed by atoms with Crippen molar-refractivity contribution in [2.45, 2.75) is 51.2 Å². The molecule has 112 valence electrons. The summed E-state index contributed by atoms with van der Waals surface area (Å²) < 4.78 is 6.23. The van der Waals surface area contributed by atoms with Crippen LogP contribution in [0.25, 0.3) is 10.8 Å². The number of hydrogen-bond donors (Lipinski definition) is 1. The molecule has 1 aliphatic carbocycles. The van der Waals surface area contributed by atoms with Crippen LogP contribution in [0.3, 0.4) is 0 Å². The van der Waals surface area contributed by atoms with Crippen molar-refractivity contribution in [3.63, 3.8) is 0 Å². The molecule has 2 nitrogen and oxygen atoms in total. The number of benzene rings is 2. The molecule has 1 fully saturated rings. The maximum atomic E-state index is 6.27. The highest BCUT2D eigenvalue weighted by atomic mass is 16.5. The Bertz CT molecular complexity index is 595. The van der Waals surface area contributed by atoms with Crippen LogP contribution in [0.5, 0.6) is 5.75 Å². The zero-order valence-electron chi connectivity index (χ0n) is 12.8. The fraction of sp³-hybridized carbons (Fsp3) is 0.474. The van der Waals surface area contributed by atoms with Gasteiger partial charge < -0.3 is 10.5 Å². The molecule has 3 unspecified atom stereocenters. The van der Waals surface area contributed by atoms with Crippen LogP contribution in [0.2, 0.25) is 0 Å². The summed E-state index contributed by atoms with van der Waals surface area (Å²) in [7, 11) is 0. The number of hydrogen-bond acceptors (Lipinski definition) is 2. The van der Waals surface area contributed by atoms with Gasteiger partial charge in [-0.25, -0.2) is 0 Å². The van der Waals surface area contributed by atoms with Gasteiger partial charge in [-0.2, -0.15) is 0 Å². The SMILES string of the molecule is CCCC1CCC(N)C(Oc2ccc3ccccc3c2)C1. The minimum Gasteiger partial charge on any atom is -0.489 e. The molecule has 21 heavy (non-hydrogen) atoms. The van der Waals surface area contributed by atoms with Crippen molar-refractivity contribution in [1.82, 2.24) is 0 Å². The summed E-state index contributed by atoms with van der Waals surface area (Å²) in [6, 6.07) is 14.9. The predicted octanol–water partition coefficient (Wildman–Crippen LogP) is 4.51. The van der Waals surface area contributed by atoms with Crippen molar-refractivity contribution in [3.05, 3.63) is 42.5 Å². The molecule has 3 rings (SSSR count). The Balaban J connectivity index is 1.73. The highest BCUT2D eigenvalue weighted by molar-refractivity contribution is 5.83. The Morgan fingerprint density at radius 3 is 2.71 bits per heavy atom. The van der Waals surface area contributed by atoms with Crippen LogP contribution in [-0.4, -0.2) is 12.1 Å². The lowest BCUT2D eigenvalue weighted by Crippen LogP contribution is -2.43. The van der Waals surface area contributed by atoms with Crippen LogP contribution in [0.4, 0.5) is 0 Å². The Morgan fingerprint density at radius 1 is 1.10 bits per heavy atom. The molecule has 0 saturated heterocycles. The van der Waals surface area contributed by atoms with E-state index in [-0.39, 0.29) is 12.1 Å². The molecule has 2 N–H and O–H groups in total. The fourth-order valence-electron chi connectivity index (χ4n) is 3.46. The highest BCUT2D eigenvalue weighted by Gasteiger charge is 2.29. The van der Waals surface area contributed by atoms with Gasteiger partial charge in [0.2, 0.25) is 0 Å². The number of ether oxygens (including phenoxy) is 1. The first-order valence-electron chi connectivity index (χ1n) is 8.17. The van der Waals surface area contributed by atoms with Gasteiger partial charge in [0.1, 0.15) is 11.9 Å². The van der Waals surface area contributed by atoms with E-state index in [2.05, 4.69) is 49.4 Å². The largest absolute Gasteiger partial charge is 0.489 e. The Morgan fingerprint density at radius 2 is 1.90 bits per heavy atom. The van der Waals surface area contributed by atoms with Gasteiger partial charge in [0, 0.05) is 6.04 Å². The van der Waals surface area contributed by atoms with Gasteiger partial charge in [0.25, 0.3) is 0 Å². The molecule has 2 aromatic carbocycles. The first-order chi connectivity index (χ1) is 10.3. The molecule has 0 amide bonds. The molecule has 0 bridgehead atoms. The molecular weight excluding hydrogens is 258 g/mol. The standard InChI is InChI=1S/C19H25NO/c1-2-5-14-8-11-18(20)19(12-14)21-17-10-9-15-6-3-4-7-16(15)13-17/h3-4,6-7,9-10,13-14,18-19H,2,5,8,11-12,20H2,1H3. The van der Waals surface area contributed by atoms with Crippen molar-refractivity contribution in [1.29, 1.82) is 0 Å². The van der Waals surface area contributed by atoms with E-state index in [0.29, 0.717) is 0 Å². The van der Waals surface area contributed by atoms with Crippen molar-refractivity contribution in [3.8, 4) is 5.75 Å². The number of fused-ring (bicyclic) bond motifs is 1. The van der Waals surface area contributed by atoms with Crippen molar-refractivity contribution in [2.75, 3.05) is 0 Å². The molecule has 1 saturated carbocycles. The molecule has 0 heterocycles. The fourth-order valence-corrected chi connectivity index (χ4v) is 3.46. The Kier molecular flexibility index (Phi) is 4.45. The Hall–Kier alpha value is -1.54. The lowest BCUT2D eigenvalue weighted by Gasteiger charge is -2.34. The molecule has 0 aliphatic heterocycles. The van der Waals surface area contributed by atoms with Gasteiger partial charge in [0.05, 0.1) is 0 Å². The lowest BCUT2D eigenvalue weighted by molar-refractivity contribution is 0.0994. The third-order valence-electron chi connectivity index (χ3n) is 4.66. The molecule has 0 radical (unpaired) electrons. The second-order valence-corrected chi connectivity index (χ2v) is 6.30. The minimum absolute atomic E-state index is 0.163. The van der Waals surface area contributed by atoms with Gasteiger partial charge >= 0.3 is 0 Å². The zero-order valence-corrected chi connectivity index (χ0v) is 12.8. The van der Waals surface area contributed by atoms with Gasteiger partial charge in [0.15, 0.2) is 0 Å². The van der Waals surface area contributed by atoms with Gasteiger partial charge in [-0.05, 0) is 48.1 Å². The third kappa shape index (κ3) is 3.38. The summed E-state index contributed by atoms with van der Waals surface area (Å²) in [4.78, 5) is 0. The topological polar surface area (TPSA) is 35.2 Å². The quantitative estimate of drug-likeness (QED) is 0.895. The second-order valence-electron chi connectivity index (χ2n) is 6.30. The van der Waals surface area contributed by atoms with E-state index in [1.54, 1.807) is 0 Å². The molecular formula is C19H25NO. The molecule has 3 atom stereocenters. The van der Waals surface area contributed by atoms with E-state index in [9.17, 15) is 0 Å². The van der Waals surface area contributed by atoms with E-state index in [4.69, 9.17) is 10.5 Å². The van der Waals surface area contributed by atoms with E-state index in [1.807, 2.05) is 0 Å². The van der Waals surface area contributed by atoms with E-state index in [1.165, 1.54) is 30.0 Å². The summed E-state index contributed by atoms with van der Waals surface area (Å²) in [5, 5.41) is 2.48. The van der Waals surface area contributed by atoms with E-state index >= 15 is 0 Å². The average molecular weight is 283 g/mol. The number of nitrogens with two attached hydrogens (primary N) is 1. The number of rotatable bonds is 4. The van der Waals surface area contributed by atoms with Crippen LogP contribution in [0.15, 0.2) is 42.5 Å². The highest BCUT2D eigenvalue weighted by Crippen LogP contribution is 2.31. The molecule has 0 spiro atoms. The smallest absolute Gasteiger partial charge is 0.120 e. The monoisotopic (exact) mass is 283 g/mol. The average Bonchev–Trinajstić information content (AvgIpc) is 2.51. The summed E-state index contributed by atoms with van der Waals surface area (Å²) >= 11 is 0. The van der Waals surface area contributed by atoms with Crippen molar-refractivity contribution >= 4 is 10.8 Å². The summed E-state index contributed by atoms with van der Waals surface area (Å²) in [5.41, 5.74) is 6.27. The van der Waals surface area contributed by atoms with Crippen LogP contribution in [0.1, 0.15) is 39.0 Å². The zero-order chi connectivity index (χ0) is 14.7. The molecule has 0 aromatic heterocycles. The summed E-state index contributed by atoms with van der Waals surface area (Å²) in [6.07, 6.45) is 6.15. The first kappa shape index (κ1) is 14.4. The van der Waals surface area contributed by atoms with Crippen LogP contribution < -0.4 is 10.5 Å². The first-order valence-corrected chi connectivity index (χ1v) is 8.17. The van der Waals surface area contributed by atoms with E-state index < -0.39 is 0 Å². The van der Waals surface area contributed by atoms with Gasteiger partial charge in [-0.15, -0.1) is 0 Å². The summed E-state index contributed by atoms with van der Waals surface area (Å²) in [6.45, 7) is 2.26. The molecule has 2 aromatic rings. The Labute approximate surface area is 127 Å². The van der Waals surface area contributed by atoms with Crippen LogP contribution >= 0.6 is 0 Å². The van der Waals surface area contributed by atoms with Gasteiger partial charge in [-0.1, -0.05) is 50.1 Å². The maximum Gasteiger partial charge on any atom is 0.120 e. The van der Waals surface area contributed by atoms with E-state index in [0.717, 1.165) is 24.5 Å². The second kappa shape index (κ2) is 6.48. The predicted molar refractivity (Wildman–Crippen MR) is 88.6 cm³/mol. The molecule has 1 aliphatic rings. The van der Waals surface area contributed by atoms with Crippen molar-refractivity contribution in [2.24, 2.45) is 11.7 Å². The third-order valence-corrected chi connectivity index (χ3v) is 4.66. The van der Waals surface area contributed by atoms with Gasteiger partial charge in [-0.3, -0.25) is 0 Å². The summed E-state index contributed by atoms with van der Waals surface area (Å²) in [5.74, 6) is 1.73.